The van der Waals surface area contributed by atoms with E-state index in [9.17, 15) is 9.18 Å². The van der Waals surface area contributed by atoms with E-state index in [0.29, 0.717) is 22.0 Å². The normalized spacial score (nSPS) is 11.2. The smallest absolute Gasteiger partial charge is 0.263 e. The summed E-state index contributed by atoms with van der Waals surface area (Å²) < 4.78 is 20.4. The maximum atomic E-state index is 13.6. The number of halogens is 1. The summed E-state index contributed by atoms with van der Waals surface area (Å²) in [4.78, 5) is 19.4. The molecule has 4 nitrogen and oxygen atoms in total. The lowest BCUT2D eigenvalue weighted by atomic mass is 10.2. The van der Waals surface area contributed by atoms with Crippen molar-refractivity contribution in [3.63, 3.8) is 0 Å². The first-order valence-corrected chi connectivity index (χ1v) is 10.8. The molecule has 27 heavy (non-hydrogen) atoms. The molecule has 0 spiro atoms. The quantitative estimate of drug-likeness (QED) is 0.332. The number of hydrogen-bond acceptors (Lipinski definition) is 6. The van der Waals surface area contributed by atoms with Crippen LogP contribution in [-0.2, 0) is 12.8 Å². The van der Waals surface area contributed by atoms with E-state index >= 15 is 0 Å². The topological polar surface area (TPSA) is 44.1 Å². The minimum atomic E-state index is -0.317. The molecule has 0 fully saturated rings. The number of thioether (sulfide) groups is 1. The first-order chi connectivity index (χ1) is 13.1. The Morgan fingerprint density at radius 2 is 2.15 bits per heavy atom. The molecule has 0 aliphatic carbocycles. The second kappa shape index (κ2) is 7.46. The third-order valence-corrected chi connectivity index (χ3v) is 7.01. The van der Waals surface area contributed by atoms with Gasteiger partial charge in [-0.1, -0.05) is 17.8 Å². The van der Waals surface area contributed by atoms with Gasteiger partial charge in [-0.25, -0.2) is 9.37 Å². The number of thiophene rings is 2. The van der Waals surface area contributed by atoms with E-state index in [1.165, 1.54) is 35.2 Å². The molecule has 1 aromatic carbocycles. The molecule has 0 aliphatic rings. The highest BCUT2D eigenvalue weighted by atomic mass is 32.2. The summed E-state index contributed by atoms with van der Waals surface area (Å²) >= 11 is 4.46. The molecule has 3 heterocycles. The standard InChI is InChI=1S/C19H15FN2O2S3/c1-22-18(23)16-13(15-4-3-7-25-15)10-26-17(16)21-19(22)27-9-11-8-12(20)5-6-14(11)24-2/h3-8,10H,9H2,1-2H3. The minimum absolute atomic E-state index is 0.0710. The number of rotatable bonds is 5. The van der Waals surface area contributed by atoms with Gasteiger partial charge < -0.3 is 4.74 Å². The Labute approximate surface area is 167 Å². The van der Waals surface area contributed by atoms with E-state index in [4.69, 9.17) is 4.74 Å². The number of ether oxygens (including phenoxy) is 1. The van der Waals surface area contributed by atoms with Crippen LogP contribution in [0.2, 0.25) is 0 Å². The molecular formula is C19H15FN2O2S3. The fourth-order valence-corrected chi connectivity index (χ4v) is 5.55. The van der Waals surface area contributed by atoms with Crippen molar-refractivity contribution in [3.8, 4) is 16.2 Å². The molecule has 0 bridgehead atoms. The third-order valence-electron chi connectivity index (χ3n) is 4.16. The van der Waals surface area contributed by atoms with Gasteiger partial charge in [-0.3, -0.25) is 9.36 Å². The summed E-state index contributed by atoms with van der Waals surface area (Å²) in [5.74, 6) is 0.754. The van der Waals surface area contributed by atoms with Crippen LogP contribution in [0.1, 0.15) is 5.56 Å². The number of nitrogens with zero attached hydrogens (tertiary/aromatic N) is 2. The Morgan fingerprint density at radius 3 is 2.89 bits per heavy atom. The molecule has 0 amide bonds. The first kappa shape index (κ1) is 18.2. The van der Waals surface area contributed by atoms with E-state index in [0.717, 1.165) is 20.8 Å². The molecule has 8 heteroatoms. The number of hydrogen-bond donors (Lipinski definition) is 0. The van der Waals surface area contributed by atoms with Crippen molar-refractivity contribution in [2.45, 2.75) is 10.9 Å². The van der Waals surface area contributed by atoms with Crippen LogP contribution in [0.4, 0.5) is 4.39 Å². The lowest BCUT2D eigenvalue weighted by Gasteiger charge is -2.10. The van der Waals surface area contributed by atoms with Crippen LogP contribution in [0.5, 0.6) is 5.75 Å². The zero-order valence-corrected chi connectivity index (χ0v) is 17.0. The van der Waals surface area contributed by atoms with Crippen molar-refractivity contribution in [2.24, 2.45) is 7.05 Å². The fourth-order valence-electron chi connectivity index (χ4n) is 2.80. The second-order valence-electron chi connectivity index (χ2n) is 5.81. The van der Waals surface area contributed by atoms with Gasteiger partial charge in [-0.05, 0) is 29.6 Å². The largest absolute Gasteiger partial charge is 0.496 e. The molecule has 138 valence electrons. The van der Waals surface area contributed by atoms with Gasteiger partial charge in [0, 0.05) is 34.2 Å². The first-order valence-electron chi connectivity index (χ1n) is 8.06. The van der Waals surface area contributed by atoms with Gasteiger partial charge in [0.2, 0.25) is 0 Å². The van der Waals surface area contributed by atoms with E-state index < -0.39 is 0 Å². The van der Waals surface area contributed by atoms with Crippen molar-refractivity contribution in [2.75, 3.05) is 7.11 Å². The van der Waals surface area contributed by atoms with Crippen LogP contribution >= 0.6 is 34.4 Å². The van der Waals surface area contributed by atoms with Gasteiger partial charge in [-0.15, -0.1) is 22.7 Å². The summed E-state index contributed by atoms with van der Waals surface area (Å²) in [6.07, 6.45) is 0. The van der Waals surface area contributed by atoms with Gasteiger partial charge in [0.25, 0.3) is 5.56 Å². The van der Waals surface area contributed by atoms with Crippen LogP contribution in [-0.4, -0.2) is 16.7 Å². The second-order valence-corrected chi connectivity index (χ2v) is 8.56. The maximum Gasteiger partial charge on any atom is 0.263 e. The summed E-state index contributed by atoms with van der Waals surface area (Å²) in [5.41, 5.74) is 1.59. The Balaban J connectivity index is 1.71. The molecule has 0 radical (unpaired) electrons. The molecule has 0 aliphatic heterocycles. The highest BCUT2D eigenvalue weighted by Gasteiger charge is 2.17. The van der Waals surface area contributed by atoms with E-state index in [-0.39, 0.29) is 11.4 Å². The third kappa shape index (κ3) is 3.40. The molecular weight excluding hydrogens is 403 g/mol. The Kier molecular flexibility index (Phi) is 5.03. The Bertz CT molecular complexity index is 1170. The van der Waals surface area contributed by atoms with Crippen LogP contribution in [0, 0.1) is 5.82 Å². The molecule has 0 unspecified atom stereocenters. The molecule has 4 aromatic rings. The van der Waals surface area contributed by atoms with Gasteiger partial charge in [0.05, 0.1) is 12.5 Å². The van der Waals surface area contributed by atoms with Crippen LogP contribution < -0.4 is 10.3 Å². The number of methoxy groups -OCH3 is 1. The summed E-state index contributed by atoms with van der Waals surface area (Å²) in [5, 5.41) is 5.22. The molecule has 0 N–H and O–H groups in total. The van der Waals surface area contributed by atoms with Crippen molar-refractivity contribution in [1.29, 1.82) is 0 Å². The van der Waals surface area contributed by atoms with E-state index in [2.05, 4.69) is 4.98 Å². The predicted molar refractivity (Wildman–Crippen MR) is 111 cm³/mol. The lowest BCUT2D eigenvalue weighted by Crippen LogP contribution is -2.19. The van der Waals surface area contributed by atoms with Crippen LogP contribution in [0.15, 0.2) is 51.0 Å². The van der Waals surface area contributed by atoms with Crippen molar-refractivity contribution >= 4 is 44.7 Å². The monoisotopic (exact) mass is 418 g/mol. The zero-order chi connectivity index (χ0) is 19.0. The summed E-state index contributed by atoms with van der Waals surface area (Å²) in [7, 11) is 3.27. The van der Waals surface area contributed by atoms with E-state index in [1.807, 2.05) is 22.9 Å². The average molecular weight is 419 g/mol. The fraction of sp³-hybridized carbons (Fsp3) is 0.158. The highest BCUT2D eigenvalue weighted by Crippen LogP contribution is 2.35. The van der Waals surface area contributed by atoms with Crippen molar-refractivity contribution < 1.29 is 9.13 Å². The lowest BCUT2D eigenvalue weighted by molar-refractivity contribution is 0.410. The van der Waals surface area contributed by atoms with Crippen molar-refractivity contribution in [1.82, 2.24) is 9.55 Å². The highest BCUT2D eigenvalue weighted by molar-refractivity contribution is 7.98. The number of benzene rings is 1. The maximum absolute atomic E-state index is 13.6. The minimum Gasteiger partial charge on any atom is -0.496 e. The predicted octanol–water partition coefficient (Wildman–Crippen LogP) is 5.16. The number of aromatic nitrogens is 2. The molecule has 0 saturated heterocycles. The van der Waals surface area contributed by atoms with Gasteiger partial charge in [-0.2, -0.15) is 0 Å². The zero-order valence-electron chi connectivity index (χ0n) is 14.6. The van der Waals surface area contributed by atoms with Crippen LogP contribution in [0.3, 0.4) is 0 Å². The molecule has 0 saturated carbocycles. The van der Waals surface area contributed by atoms with Gasteiger partial charge in [0.15, 0.2) is 5.16 Å². The molecule has 0 atom stereocenters. The molecule has 3 aromatic heterocycles. The average Bonchev–Trinajstić information content (AvgIpc) is 3.33. The van der Waals surface area contributed by atoms with E-state index in [1.54, 1.807) is 36.1 Å². The summed E-state index contributed by atoms with van der Waals surface area (Å²) in [6, 6.07) is 8.39. The summed E-state index contributed by atoms with van der Waals surface area (Å²) in [6.45, 7) is 0. The van der Waals surface area contributed by atoms with Gasteiger partial charge in [0.1, 0.15) is 16.4 Å². The van der Waals surface area contributed by atoms with Gasteiger partial charge >= 0.3 is 0 Å². The molecule has 4 rings (SSSR count). The Hall–Kier alpha value is -2.16. The Morgan fingerprint density at radius 1 is 1.30 bits per heavy atom. The number of fused-ring (bicyclic) bond motifs is 1. The SMILES string of the molecule is COc1ccc(F)cc1CSc1nc2scc(-c3cccs3)c2c(=O)n1C. The van der Waals surface area contributed by atoms with Crippen molar-refractivity contribution in [3.05, 3.63) is 62.8 Å². The van der Waals surface area contributed by atoms with Crippen LogP contribution in [0.25, 0.3) is 20.7 Å².